The van der Waals surface area contributed by atoms with Gasteiger partial charge in [-0.2, -0.15) is 0 Å². The summed E-state index contributed by atoms with van der Waals surface area (Å²) >= 11 is 0. The minimum atomic E-state index is -0.717. The van der Waals surface area contributed by atoms with Crippen molar-refractivity contribution in [1.29, 1.82) is 0 Å². The number of hydrogen-bond donors (Lipinski definition) is 1. The van der Waals surface area contributed by atoms with E-state index in [4.69, 9.17) is 5.73 Å². The van der Waals surface area contributed by atoms with Gasteiger partial charge in [0.25, 0.3) is 5.09 Å². The molecule has 0 atom stereocenters. The zero-order chi connectivity index (χ0) is 11.1. The lowest BCUT2D eigenvalue weighted by atomic mass is 9.80. The van der Waals surface area contributed by atoms with E-state index in [0.717, 1.165) is 25.3 Å². The molecule has 1 fully saturated rings. The molecule has 1 aliphatic carbocycles. The second-order valence-corrected chi connectivity index (χ2v) is 4.32. The van der Waals surface area contributed by atoms with Gasteiger partial charge in [-0.05, 0) is 44.1 Å². The predicted octanol–water partition coefficient (Wildman–Crippen LogP) is 2.16. The van der Waals surface area contributed by atoms with Crippen molar-refractivity contribution in [3.8, 4) is 0 Å². The lowest BCUT2D eigenvalue weighted by molar-refractivity contribution is -0.757. The third-order valence-electron chi connectivity index (χ3n) is 3.25. The smallest absolute Gasteiger partial charge is 0.294 e. The first-order valence-corrected chi connectivity index (χ1v) is 5.69. The van der Waals surface area contributed by atoms with Crippen molar-refractivity contribution in [3.63, 3.8) is 0 Å². The minimum Gasteiger partial charge on any atom is -0.330 e. The first-order chi connectivity index (χ1) is 7.22. The molecule has 0 bridgehead atoms. The van der Waals surface area contributed by atoms with Crippen LogP contribution in [0.2, 0.25) is 0 Å². The third-order valence-corrected chi connectivity index (χ3v) is 3.25. The summed E-state index contributed by atoms with van der Waals surface area (Å²) in [6.07, 6.45) is 6.72. The Morgan fingerprint density at radius 1 is 1.25 bits per heavy atom. The van der Waals surface area contributed by atoms with Crippen LogP contribution < -0.4 is 5.73 Å². The van der Waals surface area contributed by atoms with E-state index in [1.165, 1.54) is 25.7 Å². The monoisotopic (exact) mass is 252 g/mol. The first kappa shape index (κ1) is 15.4. The van der Waals surface area contributed by atoms with E-state index in [0.29, 0.717) is 5.92 Å². The fourth-order valence-corrected chi connectivity index (χ4v) is 2.27. The molecule has 0 aromatic carbocycles. The van der Waals surface area contributed by atoms with Gasteiger partial charge in [-0.3, -0.25) is 0 Å². The van der Waals surface area contributed by atoms with Crippen molar-refractivity contribution in [3.05, 3.63) is 10.1 Å². The maximum Gasteiger partial charge on any atom is 0.294 e. The van der Waals surface area contributed by atoms with Gasteiger partial charge in [-0.15, -0.1) is 22.5 Å². The van der Waals surface area contributed by atoms with Crippen molar-refractivity contribution >= 4 is 12.4 Å². The van der Waals surface area contributed by atoms with Crippen LogP contribution in [0.3, 0.4) is 0 Å². The highest BCUT2D eigenvalue weighted by molar-refractivity contribution is 5.85. The molecule has 0 spiro atoms. The van der Waals surface area contributed by atoms with Gasteiger partial charge in [0, 0.05) is 0 Å². The van der Waals surface area contributed by atoms with Crippen molar-refractivity contribution in [2.24, 2.45) is 17.6 Å². The van der Waals surface area contributed by atoms with Gasteiger partial charge >= 0.3 is 0 Å². The molecule has 0 aromatic rings. The number of nitrogens with zero attached hydrogens (tertiary/aromatic N) is 1. The van der Waals surface area contributed by atoms with E-state index in [2.05, 4.69) is 4.84 Å². The minimum absolute atomic E-state index is 0. The fraction of sp³-hybridized carbons (Fsp3) is 1.00. The van der Waals surface area contributed by atoms with E-state index in [1.807, 2.05) is 0 Å². The average molecular weight is 253 g/mol. The van der Waals surface area contributed by atoms with Gasteiger partial charge in [0.2, 0.25) is 0 Å². The quantitative estimate of drug-likeness (QED) is 0.446. The lowest BCUT2D eigenvalue weighted by Crippen LogP contribution is -2.21. The molecular formula is C10H21ClN2O3. The highest BCUT2D eigenvalue weighted by Crippen LogP contribution is 2.30. The fourth-order valence-electron chi connectivity index (χ4n) is 2.27. The number of hydrogen-bond acceptors (Lipinski definition) is 4. The van der Waals surface area contributed by atoms with Gasteiger partial charge in [0.1, 0.15) is 0 Å². The second kappa shape index (κ2) is 8.58. The topological polar surface area (TPSA) is 78.4 Å². The van der Waals surface area contributed by atoms with Crippen LogP contribution in [-0.4, -0.2) is 18.2 Å². The summed E-state index contributed by atoms with van der Waals surface area (Å²) in [7, 11) is 0. The van der Waals surface area contributed by atoms with Crippen molar-refractivity contribution < 1.29 is 9.92 Å². The zero-order valence-electron chi connectivity index (χ0n) is 9.47. The van der Waals surface area contributed by atoms with Crippen LogP contribution in [0.25, 0.3) is 0 Å². The summed E-state index contributed by atoms with van der Waals surface area (Å²) in [5, 5.41) is 9.18. The summed E-state index contributed by atoms with van der Waals surface area (Å²) in [6.45, 7) is 1.04. The largest absolute Gasteiger partial charge is 0.330 e. The van der Waals surface area contributed by atoms with Crippen LogP contribution >= 0.6 is 12.4 Å². The van der Waals surface area contributed by atoms with E-state index < -0.39 is 5.09 Å². The van der Waals surface area contributed by atoms with Gasteiger partial charge in [-0.25, -0.2) is 0 Å². The van der Waals surface area contributed by atoms with Gasteiger partial charge in [0.15, 0.2) is 0 Å². The zero-order valence-corrected chi connectivity index (χ0v) is 10.3. The molecule has 96 valence electrons. The highest BCUT2D eigenvalue weighted by Gasteiger charge is 2.19. The molecule has 0 unspecified atom stereocenters. The van der Waals surface area contributed by atoms with Crippen LogP contribution in [0.1, 0.15) is 38.5 Å². The number of nitrogens with two attached hydrogens (primary N) is 1. The van der Waals surface area contributed by atoms with E-state index in [-0.39, 0.29) is 19.0 Å². The Balaban J connectivity index is 0.00000225. The molecule has 2 N–H and O–H groups in total. The lowest BCUT2D eigenvalue weighted by Gasteiger charge is -2.27. The first-order valence-electron chi connectivity index (χ1n) is 5.69. The summed E-state index contributed by atoms with van der Waals surface area (Å²) in [5.41, 5.74) is 5.61. The summed E-state index contributed by atoms with van der Waals surface area (Å²) in [6, 6.07) is 0. The molecular weight excluding hydrogens is 232 g/mol. The molecule has 0 heterocycles. The molecule has 0 aliphatic heterocycles. The molecule has 6 heteroatoms. The average Bonchev–Trinajstić information content (AvgIpc) is 2.25. The van der Waals surface area contributed by atoms with Crippen LogP contribution in [0.15, 0.2) is 0 Å². The Bertz CT molecular complexity index is 197. The van der Waals surface area contributed by atoms with Crippen molar-refractivity contribution in [2.75, 3.05) is 13.2 Å². The normalized spacial score (nSPS) is 24.6. The van der Waals surface area contributed by atoms with Crippen LogP contribution in [0, 0.1) is 22.0 Å². The van der Waals surface area contributed by atoms with E-state index >= 15 is 0 Å². The Kier molecular flexibility index (Phi) is 8.29. The standard InChI is InChI=1S/C10H20N2O3.ClH/c11-8-10-5-3-9(4-6-10)2-1-7-15-12(13)14;/h9-10H,1-8,11H2;1H. The van der Waals surface area contributed by atoms with E-state index in [9.17, 15) is 10.1 Å². The highest BCUT2D eigenvalue weighted by atomic mass is 35.5. The van der Waals surface area contributed by atoms with Crippen molar-refractivity contribution in [2.45, 2.75) is 38.5 Å². The molecule has 1 rings (SSSR count). The summed E-state index contributed by atoms with van der Waals surface area (Å²) in [4.78, 5) is 14.2. The van der Waals surface area contributed by atoms with Crippen LogP contribution in [0.4, 0.5) is 0 Å². The SMILES string of the molecule is Cl.NCC1CCC(CCCO[N+](=O)[O-])CC1. The Morgan fingerprint density at radius 3 is 2.31 bits per heavy atom. The molecule has 16 heavy (non-hydrogen) atoms. The Labute approximate surface area is 102 Å². The van der Waals surface area contributed by atoms with Crippen LogP contribution in [0.5, 0.6) is 0 Å². The molecule has 0 aromatic heterocycles. The van der Waals surface area contributed by atoms with Gasteiger partial charge in [0.05, 0.1) is 6.61 Å². The predicted molar refractivity (Wildman–Crippen MR) is 63.9 cm³/mol. The van der Waals surface area contributed by atoms with Gasteiger partial charge < -0.3 is 10.6 Å². The maximum atomic E-state index is 9.90. The Hall–Kier alpha value is -0.550. The summed E-state index contributed by atoms with van der Waals surface area (Å²) < 4.78 is 0. The molecule has 0 radical (unpaired) electrons. The van der Waals surface area contributed by atoms with E-state index in [1.54, 1.807) is 0 Å². The molecule has 0 amide bonds. The third kappa shape index (κ3) is 6.12. The van der Waals surface area contributed by atoms with Crippen LogP contribution in [-0.2, 0) is 4.84 Å². The molecule has 0 saturated heterocycles. The number of rotatable bonds is 6. The second-order valence-electron chi connectivity index (χ2n) is 4.32. The maximum absolute atomic E-state index is 9.90. The van der Waals surface area contributed by atoms with Crippen molar-refractivity contribution in [1.82, 2.24) is 0 Å². The van der Waals surface area contributed by atoms with Gasteiger partial charge in [-0.1, -0.05) is 12.8 Å². The molecule has 5 nitrogen and oxygen atoms in total. The Morgan fingerprint density at radius 2 is 1.81 bits per heavy atom. The number of halogens is 1. The summed E-state index contributed by atoms with van der Waals surface area (Å²) in [5.74, 6) is 1.43. The molecule has 1 aliphatic rings. The molecule has 1 saturated carbocycles.